The number of hydrogen-bond acceptors (Lipinski definition) is 4. The molecule has 0 aliphatic carbocycles. The number of nitrogens with one attached hydrogen (secondary N) is 2. The largest absolute Gasteiger partial charge is 0.381 e. The summed E-state index contributed by atoms with van der Waals surface area (Å²) in [5.41, 5.74) is 1.76. The summed E-state index contributed by atoms with van der Waals surface area (Å²) in [7, 11) is 0.223. The fraction of sp³-hybridized carbons (Fsp3) is 0.650. The maximum absolute atomic E-state index is 11.8. The average molecular weight is 411 g/mol. The van der Waals surface area contributed by atoms with Crippen molar-refractivity contribution in [3.63, 3.8) is 0 Å². The van der Waals surface area contributed by atoms with Crippen molar-refractivity contribution in [2.24, 2.45) is 10.9 Å². The third kappa shape index (κ3) is 7.77. The predicted octanol–water partition coefficient (Wildman–Crippen LogP) is 1.95. The molecule has 2 rings (SSSR count). The van der Waals surface area contributed by atoms with Gasteiger partial charge >= 0.3 is 0 Å². The summed E-state index contributed by atoms with van der Waals surface area (Å²) in [6, 6.07) is 7.59. The molecule has 28 heavy (non-hydrogen) atoms. The monoisotopic (exact) mass is 410 g/mol. The normalized spacial score (nSPS) is 16.2. The molecule has 0 aromatic heterocycles. The van der Waals surface area contributed by atoms with Crippen molar-refractivity contribution in [3.05, 3.63) is 35.4 Å². The van der Waals surface area contributed by atoms with Crippen molar-refractivity contribution < 1.29 is 13.2 Å². The third-order valence-corrected chi connectivity index (χ3v) is 6.32. The first-order valence-electron chi connectivity index (χ1n) is 9.99. The number of sulfonamides is 1. The van der Waals surface area contributed by atoms with E-state index in [1.165, 1.54) is 7.05 Å². The summed E-state index contributed by atoms with van der Waals surface area (Å²) >= 11 is 0. The van der Waals surface area contributed by atoms with Crippen LogP contribution in [-0.2, 0) is 27.1 Å². The van der Waals surface area contributed by atoms with Gasteiger partial charge in [0.25, 0.3) is 0 Å². The first-order valence-corrected chi connectivity index (χ1v) is 11.6. The van der Waals surface area contributed by atoms with Crippen molar-refractivity contribution in [1.82, 2.24) is 14.9 Å². The van der Waals surface area contributed by atoms with Crippen molar-refractivity contribution in [3.8, 4) is 0 Å². The van der Waals surface area contributed by atoms with Gasteiger partial charge in [-0.2, -0.15) is 0 Å². The Balaban J connectivity index is 1.97. The molecule has 7 nitrogen and oxygen atoms in total. The summed E-state index contributed by atoms with van der Waals surface area (Å²) in [5.74, 6) is 1.58. The summed E-state index contributed by atoms with van der Waals surface area (Å²) in [6.45, 7) is 6.09. The van der Waals surface area contributed by atoms with Gasteiger partial charge in [0, 0.05) is 33.4 Å². The van der Waals surface area contributed by atoms with Gasteiger partial charge in [-0.25, -0.2) is 18.1 Å². The highest BCUT2D eigenvalue weighted by atomic mass is 32.2. The van der Waals surface area contributed by atoms with Crippen LogP contribution < -0.4 is 10.0 Å². The molecule has 1 aliphatic heterocycles. The summed E-state index contributed by atoms with van der Waals surface area (Å²) in [4.78, 5) is 6.92. The van der Waals surface area contributed by atoms with E-state index < -0.39 is 10.0 Å². The maximum atomic E-state index is 11.8. The second-order valence-electron chi connectivity index (χ2n) is 7.22. The molecular weight excluding hydrogens is 376 g/mol. The first-order chi connectivity index (χ1) is 13.4. The Bertz CT molecular complexity index is 731. The molecular formula is C20H34N4O3S. The Kier molecular flexibility index (Phi) is 9.21. The molecule has 0 radical (unpaired) electrons. The van der Waals surface area contributed by atoms with Crippen LogP contribution in [0.3, 0.4) is 0 Å². The Morgan fingerprint density at radius 3 is 2.68 bits per heavy atom. The van der Waals surface area contributed by atoms with E-state index in [1.807, 2.05) is 24.3 Å². The van der Waals surface area contributed by atoms with Crippen LogP contribution >= 0.6 is 0 Å². The van der Waals surface area contributed by atoms with Gasteiger partial charge in [-0.05, 0) is 50.3 Å². The number of benzene rings is 1. The van der Waals surface area contributed by atoms with E-state index in [0.717, 1.165) is 68.6 Å². The molecule has 0 atom stereocenters. The Morgan fingerprint density at radius 1 is 1.29 bits per heavy atom. The molecule has 0 unspecified atom stereocenters. The van der Waals surface area contributed by atoms with E-state index in [9.17, 15) is 8.42 Å². The first kappa shape index (κ1) is 22.6. The molecule has 1 aromatic rings. The quantitative estimate of drug-likeness (QED) is 0.480. The van der Waals surface area contributed by atoms with Crippen molar-refractivity contribution in [2.75, 3.05) is 40.4 Å². The maximum Gasteiger partial charge on any atom is 0.215 e. The van der Waals surface area contributed by atoms with Crippen LogP contribution in [0.2, 0.25) is 0 Å². The standard InChI is InChI=1S/C20H34N4O3S/c1-4-22-20(24(3)11-8-17-9-12-27-13-10-17)23-15-18-6-5-7-19(14-18)16-28(25,26)21-2/h5-7,14,17,21H,4,8-13,15-16H2,1-3H3,(H,22,23). The van der Waals surface area contributed by atoms with E-state index in [0.29, 0.717) is 6.54 Å². The number of ether oxygens (including phenoxy) is 1. The molecule has 1 saturated heterocycles. The lowest BCUT2D eigenvalue weighted by Crippen LogP contribution is -2.40. The van der Waals surface area contributed by atoms with Gasteiger partial charge in [0.05, 0.1) is 12.3 Å². The smallest absolute Gasteiger partial charge is 0.215 e. The van der Waals surface area contributed by atoms with E-state index in [4.69, 9.17) is 9.73 Å². The van der Waals surface area contributed by atoms with Crippen LogP contribution in [-0.4, -0.2) is 59.7 Å². The zero-order valence-electron chi connectivity index (χ0n) is 17.3. The predicted molar refractivity (Wildman–Crippen MR) is 114 cm³/mol. The molecule has 1 aromatic carbocycles. The minimum Gasteiger partial charge on any atom is -0.381 e. The fourth-order valence-electron chi connectivity index (χ4n) is 3.26. The summed E-state index contributed by atoms with van der Waals surface area (Å²) in [6.07, 6.45) is 3.43. The summed E-state index contributed by atoms with van der Waals surface area (Å²) in [5, 5.41) is 3.35. The van der Waals surface area contributed by atoms with E-state index in [1.54, 1.807) is 0 Å². The van der Waals surface area contributed by atoms with Gasteiger partial charge in [0.2, 0.25) is 10.0 Å². The Morgan fingerprint density at radius 2 is 2.00 bits per heavy atom. The van der Waals surface area contributed by atoms with Crippen LogP contribution in [0.1, 0.15) is 37.3 Å². The topological polar surface area (TPSA) is 83.0 Å². The molecule has 0 bridgehead atoms. The average Bonchev–Trinajstić information content (AvgIpc) is 2.70. The van der Waals surface area contributed by atoms with Gasteiger partial charge in [0.1, 0.15) is 0 Å². The molecule has 0 saturated carbocycles. The van der Waals surface area contributed by atoms with Crippen molar-refractivity contribution in [1.29, 1.82) is 0 Å². The zero-order chi connectivity index (χ0) is 20.4. The highest BCUT2D eigenvalue weighted by Gasteiger charge is 2.15. The summed E-state index contributed by atoms with van der Waals surface area (Å²) < 4.78 is 31.3. The number of hydrogen-bond donors (Lipinski definition) is 2. The molecule has 158 valence electrons. The lowest BCUT2D eigenvalue weighted by atomic mass is 9.96. The molecule has 8 heteroatoms. The van der Waals surface area contributed by atoms with Crippen molar-refractivity contribution >= 4 is 16.0 Å². The lowest BCUT2D eigenvalue weighted by molar-refractivity contribution is 0.0625. The molecule has 1 heterocycles. The van der Waals surface area contributed by atoms with Crippen LogP contribution in [0.5, 0.6) is 0 Å². The SMILES string of the molecule is CCNC(=NCc1cccc(CS(=O)(=O)NC)c1)N(C)CCC1CCOCC1. The minimum absolute atomic E-state index is 0.0217. The van der Waals surface area contributed by atoms with Gasteiger partial charge in [-0.1, -0.05) is 24.3 Å². The molecule has 1 fully saturated rings. The highest BCUT2D eigenvalue weighted by molar-refractivity contribution is 7.88. The fourth-order valence-corrected chi connectivity index (χ4v) is 4.03. The third-order valence-electron chi connectivity index (χ3n) is 4.98. The Hall–Kier alpha value is -1.64. The zero-order valence-corrected chi connectivity index (χ0v) is 18.1. The van der Waals surface area contributed by atoms with Crippen LogP contribution in [0, 0.1) is 5.92 Å². The van der Waals surface area contributed by atoms with E-state index >= 15 is 0 Å². The van der Waals surface area contributed by atoms with Crippen molar-refractivity contribution in [2.45, 2.75) is 38.5 Å². The molecule has 2 N–H and O–H groups in total. The second kappa shape index (κ2) is 11.4. The number of guanidine groups is 1. The minimum atomic E-state index is -3.28. The molecule has 1 aliphatic rings. The van der Waals surface area contributed by atoms with Gasteiger partial charge in [0.15, 0.2) is 5.96 Å². The number of rotatable bonds is 9. The van der Waals surface area contributed by atoms with Gasteiger partial charge in [-0.15, -0.1) is 0 Å². The Labute approximate surface area is 169 Å². The number of aliphatic imine (C=N–C) groups is 1. The van der Waals surface area contributed by atoms with E-state index in [2.05, 4.69) is 28.9 Å². The van der Waals surface area contributed by atoms with Gasteiger partial charge in [-0.3, -0.25) is 0 Å². The van der Waals surface area contributed by atoms with Crippen LogP contribution in [0.4, 0.5) is 0 Å². The highest BCUT2D eigenvalue weighted by Crippen LogP contribution is 2.18. The molecule has 0 spiro atoms. The van der Waals surface area contributed by atoms with Gasteiger partial charge < -0.3 is 15.0 Å². The number of nitrogens with zero attached hydrogens (tertiary/aromatic N) is 2. The van der Waals surface area contributed by atoms with Crippen LogP contribution in [0.25, 0.3) is 0 Å². The van der Waals surface area contributed by atoms with Crippen LogP contribution in [0.15, 0.2) is 29.3 Å². The molecule has 0 amide bonds. The van der Waals surface area contributed by atoms with E-state index in [-0.39, 0.29) is 5.75 Å². The lowest BCUT2D eigenvalue weighted by Gasteiger charge is -2.26. The second-order valence-corrected chi connectivity index (χ2v) is 9.15.